The molecule has 2 amide bonds. The largest absolute Gasteiger partial charge is 0.508 e. The van der Waals surface area contributed by atoms with Crippen molar-refractivity contribution in [2.45, 2.75) is 120 Å². The molecular formula is C60H74F3N11O7. The molecule has 10 heterocycles. The van der Waals surface area contributed by atoms with E-state index in [1.165, 1.54) is 31.7 Å². The first-order chi connectivity index (χ1) is 39.3. The number of carbonyl (C=O) groups is 3. The molecule has 6 aliphatic rings. The fourth-order valence-corrected chi connectivity index (χ4v) is 13.9. The lowest BCUT2D eigenvalue weighted by atomic mass is 9.83. The van der Waals surface area contributed by atoms with Gasteiger partial charge < -0.3 is 44.1 Å². The van der Waals surface area contributed by atoms with Gasteiger partial charge in [0, 0.05) is 77.2 Å². The Kier molecular flexibility index (Phi) is 16.5. The van der Waals surface area contributed by atoms with E-state index in [1.54, 1.807) is 17.8 Å². The highest BCUT2D eigenvalue weighted by Crippen LogP contribution is 2.46. The molecule has 81 heavy (non-hydrogen) atoms. The number of ether oxygens (including phenoxy) is 3. The molecule has 6 aromatic rings. The summed E-state index contributed by atoms with van der Waals surface area (Å²) in [7, 11) is 4.90. The maximum atomic E-state index is 17.0. The van der Waals surface area contributed by atoms with Crippen LogP contribution in [0.15, 0.2) is 36.4 Å². The van der Waals surface area contributed by atoms with Crippen molar-refractivity contribution in [3.05, 3.63) is 65.0 Å². The summed E-state index contributed by atoms with van der Waals surface area (Å²) in [6.07, 6.45) is 10.8. The van der Waals surface area contributed by atoms with Crippen LogP contribution < -0.4 is 19.9 Å². The van der Waals surface area contributed by atoms with Crippen molar-refractivity contribution in [3.8, 4) is 23.0 Å². The van der Waals surface area contributed by atoms with Crippen LogP contribution in [0.2, 0.25) is 0 Å². The second-order valence-corrected chi connectivity index (χ2v) is 22.9. The molecule has 0 aliphatic carbocycles. The molecule has 5 fully saturated rings. The number of hydrogen-bond acceptors (Lipinski definition) is 15. The molecule has 6 aliphatic heterocycles. The van der Waals surface area contributed by atoms with Gasteiger partial charge in [-0.15, -0.1) is 0 Å². The number of aldehydes is 1. The number of benzene rings is 2. The van der Waals surface area contributed by atoms with Crippen LogP contribution in [0.1, 0.15) is 119 Å². The molecule has 0 bridgehead atoms. The number of phenolic OH excluding ortho intramolecular Hbond substituents is 1. The number of alkyl halides is 1. The Morgan fingerprint density at radius 2 is 1.69 bits per heavy atom. The summed E-state index contributed by atoms with van der Waals surface area (Å²) in [6, 6.07) is 9.48. The summed E-state index contributed by atoms with van der Waals surface area (Å²) >= 11 is 0. The highest BCUT2D eigenvalue weighted by atomic mass is 19.1. The van der Waals surface area contributed by atoms with Gasteiger partial charge in [-0.3, -0.25) is 14.4 Å². The third-order valence-corrected chi connectivity index (χ3v) is 18.1. The molecule has 0 spiro atoms. The van der Waals surface area contributed by atoms with Crippen LogP contribution in [0.3, 0.4) is 0 Å². The number of likely N-dealkylation sites (N-methyl/N-ethyl adjacent to an activating group) is 1. The number of nitrogens with zero attached hydrogens (tertiary/aromatic N) is 10. The van der Waals surface area contributed by atoms with Crippen molar-refractivity contribution < 1.29 is 46.9 Å². The molecule has 0 radical (unpaired) electrons. The third-order valence-electron chi connectivity index (χ3n) is 18.1. The quantitative estimate of drug-likeness (QED) is 0.104. The van der Waals surface area contributed by atoms with E-state index in [4.69, 9.17) is 24.2 Å². The summed E-state index contributed by atoms with van der Waals surface area (Å²) in [5.74, 6) is 0.721. The van der Waals surface area contributed by atoms with Crippen molar-refractivity contribution in [1.29, 1.82) is 0 Å². The lowest BCUT2D eigenvalue weighted by molar-refractivity contribution is -0.122. The Morgan fingerprint density at radius 1 is 0.938 bits per heavy atom. The van der Waals surface area contributed by atoms with Crippen LogP contribution in [0.5, 0.6) is 11.8 Å². The van der Waals surface area contributed by atoms with Gasteiger partial charge in [0.15, 0.2) is 11.5 Å². The Bertz CT molecular complexity index is 3300. The SMILES string of the molecule is CCc1c(F)ccc2cc(O)cc(-c3nc4c5c(nc(OCC67CCCN6CCC7)nc5c3F)N3CCCOCC3CC4F)c12.CNC(=O)C(CCC=O)c1nn(C)c2nc(N3CCC(CC4CCN(C(=O)OC)CC4)CC3)ccc12. The van der Waals surface area contributed by atoms with Crippen LogP contribution in [-0.2, 0) is 32.5 Å². The highest BCUT2D eigenvalue weighted by molar-refractivity contribution is 6.03. The number of nitrogens with one attached hydrogen (secondary N) is 1. The van der Waals surface area contributed by atoms with E-state index >= 15 is 13.2 Å². The van der Waals surface area contributed by atoms with Crippen molar-refractivity contribution in [2.24, 2.45) is 18.9 Å². The topological polar surface area (TPSA) is 193 Å². The first kappa shape index (κ1) is 56.0. The number of amides is 2. The van der Waals surface area contributed by atoms with Crippen LogP contribution in [0.4, 0.5) is 29.6 Å². The zero-order valence-electron chi connectivity index (χ0n) is 46.9. The number of likely N-dealkylation sites (tertiary alicyclic amines) is 1. The van der Waals surface area contributed by atoms with Crippen molar-refractivity contribution >= 4 is 62.6 Å². The van der Waals surface area contributed by atoms with Crippen LogP contribution in [0.25, 0.3) is 44.0 Å². The number of piperidine rings is 2. The van der Waals surface area contributed by atoms with E-state index < -0.39 is 23.7 Å². The molecular weight excluding hydrogens is 1040 g/mol. The van der Waals surface area contributed by atoms with Crippen molar-refractivity contribution in [3.63, 3.8) is 0 Å². The summed E-state index contributed by atoms with van der Waals surface area (Å²) in [5, 5.41) is 20.0. The smallest absolute Gasteiger partial charge is 0.409 e. The maximum Gasteiger partial charge on any atom is 0.409 e. The van der Waals surface area contributed by atoms with Crippen LogP contribution >= 0.6 is 0 Å². The summed E-state index contributed by atoms with van der Waals surface area (Å²) < 4.78 is 67.2. The first-order valence-corrected chi connectivity index (χ1v) is 29.1. The van der Waals surface area contributed by atoms with Gasteiger partial charge in [0.05, 0.1) is 48.0 Å². The predicted molar refractivity (Wildman–Crippen MR) is 301 cm³/mol. The fourth-order valence-electron chi connectivity index (χ4n) is 13.9. The highest BCUT2D eigenvalue weighted by Gasteiger charge is 2.45. The lowest BCUT2D eigenvalue weighted by Gasteiger charge is -2.36. The van der Waals surface area contributed by atoms with E-state index in [1.807, 2.05) is 35.9 Å². The lowest BCUT2D eigenvalue weighted by Crippen LogP contribution is -2.43. The number of anilines is 2. The number of fused-ring (bicyclic) bond motifs is 5. The first-order valence-electron chi connectivity index (χ1n) is 29.1. The molecule has 12 rings (SSSR count). The van der Waals surface area contributed by atoms with E-state index in [9.17, 15) is 19.5 Å². The van der Waals surface area contributed by atoms with Gasteiger partial charge in [-0.05, 0) is 149 Å². The minimum Gasteiger partial charge on any atom is -0.508 e. The Balaban J connectivity index is 0.000000175. The van der Waals surface area contributed by atoms with Crippen LogP contribution in [0, 0.1) is 23.5 Å². The van der Waals surface area contributed by atoms with Gasteiger partial charge in [0.2, 0.25) is 5.91 Å². The number of methoxy groups -OCH3 is 1. The third kappa shape index (κ3) is 11.0. The molecule has 5 saturated heterocycles. The number of pyridine rings is 2. The molecule has 18 nitrogen and oxygen atoms in total. The normalized spacial score (nSPS) is 20.8. The van der Waals surface area contributed by atoms with E-state index in [-0.39, 0.29) is 69.6 Å². The van der Waals surface area contributed by atoms with Gasteiger partial charge >= 0.3 is 12.1 Å². The number of halogens is 3. The number of aromatic hydroxyl groups is 1. The Morgan fingerprint density at radius 3 is 2.41 bits per heavy atom. The Hall–Kier alpha value is -6.87. The van der Waals surface area contributed by atoms with E-state index in [2.05, 4.69) is 30.2 Å². The average Bonchev–Trinajstić information content (AvgIpc) is 4.16. The second kappa shape index (κ2) is 23.9. The zero-order valence-corrected chi connectivity index (χ0v) is 46.9. The van der Waals surface area contributed by atoms with Crippen molar-refractivity contribution in [2.75, 3.05) is 89.6 Å². The van der Waals surface area contributed by atoms with Gasteiger partial charge in [0.25, 0.3) is 0 Å². The number of carbonyl (C=O) groups excluding carboxylic acids is 3. The average molecular weight is 1120 g/mol. The number of hydrogen-bond donors (Lipinski definition) is 2. The summed E-state index contributed by atoms with van der Waals surface area (Å²) in [5.41, 5.74) is 1.62. The van der Waals surface area contributed by atoms with Gasteiger partial charge in [-0.25, -0.2) is 27.9 Å². The summed E-state index contributed by atoms with van der Waals surface area (Å²) in [4.78, 5) is 62.7. The fraction of sp³-hybridized carbons (Fsp3) is 0.567. The molecule has 2 N–H and O–H groups in total. The van der Waals surface area contributed by atoms with Crippen LogP contribution in [-0.4, -0.2) is 154 Å². The molecule has 4 aromatic heterocycles. The standard InChI is InChI=1S/C34H36F3N5O3.C26H38N6O4/c1-2-22-24(35)7-6-19-14-21(43)16-23(26(19)22)29-28(37)31-27-30(38-29)25(36)15-20-17-44-13-5-12-42(20)32(27)40-33(39-31)45-18-34-8-3-10-41(34)11-4-9-34;1-27-25(34)21(5-4-16-33)23-20-6-7-22(28-24(20)30(2)29-23)31-12-8-18(9-13-31)17-19-10-14-32(15-11-19)26(35)36-3/h6-7,14,16,20,25,43H,2-5,8-13,15,17-18H2,1H3;6-7,16,18-19,21H,4-5,8-15,17H2,1-3H3,(H,27,34). The van der Waals surface area contributed by atoms with Gasteiger partial charge in [-0.2, -0.15) is 15.1 Å². The van der Waals surface area contributed by atoms with Gasteiger partial charge in [0.1, 0.15) is 53.5 Å². The number of aryl methyl sites for hydroxylation is 2. The summed E-state index contributed by atoms with van der Waals surface area (Å²) in [6.45, 7) is 9.19. The molecule has 3 atom stereocenters. The van der Waals surface area contributed by atoms with Crippen molar-refractivity contribution in [1.82, 2.24) is 44.8 Å². The number of phenols is 1. The maximum absolute atomic E-state index is 17.0. The molecule has 3 unspecified atom stereocenters. The molecule has 2 aromatic carbocycles. The predicted octanol–water partition coefficient (Wildman–Crippen LogP) is 9.27. The molecule has 21 heteroatoms. The second-order valence-electron chi connectivity index (χ2n) is 22.9. The minimum atomic E-state index is -1.56. The minimum absolute atomic E-state index is 0.0262. The molecule has 0 saturated carbocycles. The number of aromatic nitrogens is 6. The van der Waals surface area contributed by atoms with E-state index in [0.29, 0.717) is 91.7 Å². The van der Waals surface area contributed by atoms with E-state index in [0.717, 1.165) is 114 Å². The van der Waals surface area contributed by atoms with Gasteiger partial charge in [-0.1, -0.05) is 13.0 Å². The number of rotatable bonds is 13. The zero-order chi connectivity index (χ0) is 56.5. The molecule has 432 valence electrons. The Labute approximate surface area is 469 Å². The monoisotopic (exact) mass is 1120 g/mol.